The summed E-state index contributed by atoms with van der Waals surface area (Å²) >= 11 is 0. The van der Waals surface area contributed by atoms with Gasteiger partial charge in [0.2, 0.25) is 5.78 Å². The van der Waals surface area contributed by atoms with Gasteiger partial charge >= 0.3 is 5.97 Å². The van der Waals surface area contributed by atoms with Crippen LogP contribution in [-0.4, -0.2) is 32.6 Å². The molecule has 0 atom stereocenters. The van der Waals surface area contributed by atoms with Crippen molar-refractivity contribution in [3.8, 4) is 22.6 Å². The van der Waals surface area contributed by atoms with Gasteiger partial charge in [-0.05, 0) is 28.8 Å². The maximum absolute atomic E-state index is 12.4. The Morgan fingerprint density at radius 2 is 1.48 bits per heavy atom. The molecule has 0 heterocycles. The number of esters is 1. The molecule has 3 aromatic rings. The van der Waals surface area contributed by atoms with Crippen molar-refractivity contribution in [1.29, 1.82) is 0 Å². The Balaban J connectivity index is 1.57. The predicted octanol–water partition coefficient (Wildman–Crippen LogP) is 4.34. The largest absolute Gasteiger partial charge is 0.497 e. The van der Waals surface area contributed by atoms with Crippen LogP contribution in [0.1, 0.15) is 15.9 Å². The lowest BCUT2D eigenvalue weighted by molar-refractivity contribution is -0.141. The van der Waals surface area contributed by atoms with Crippen LogP contribution in [0.5, 0.6) is 11.5 Å². The first-order valence-electron chi connectivity index (χ1n) is 9.16. The first-order chi connectivity index (χ1) is 14.1. The molecule has 0 fully saturated rings. The highest BCUT2D eigenvalue weighted by Crippen LogP contribution is 2.25. The number of Topliss-reactive ketones (excluding diaryl/α,β-unsaturated/α-hetero) is 1. The molecule has 3 rings (SSSR count). The Morgan fingerprint density at radius 3 is 2.14 bits per heavy atom. The average Bonchev–Trinajstić information content (AvgIpc) is 2.78. The van der Waals surface area contributed by atoms with Crippen molar-refractivity contribution in [1.82, 2.24) is 0 Å². The summed E-state index contributed by atoms with van der Waals surface area (Å²) < 4.78 is 15.5. The van der Waals surface area contributed by atoms with E-state index < -0.39 is 5.97 Å². The molecule has 0 aliphatic rings. The van der Waals surface area contributed by atoms with Gasteiger partial charge in [0.25, 0.3) is 0 Å². The summed E-state index contributed by atoms with van der Waals surface area (Å²) in [4.78, 5) is 24.5. The summed E-state index contributed by atoms with van der Waals surface area (Å²) in [7, 11) is 3.00. The molecule has 0 unspecified atom stereocenters. The van der Waals surface area contributed by atoms with Crippen LogP contribution in [0.2, 0.25) is 0 Å². The van der Waals surface area contributed by atoms with E-state index in [1.807, 2.05) is 54.6 Å². The highest BCUT2D eigenvalue weighted by molar-refractivity contribution is 6.00. The zero-order valence-corrected chi connectivity index (χ0v) is 16.4. The lowest BCUT2D eigenvalue weighted by Gasteiger charge is -2.10. The molecule has 0 saturated heterocycles. The average molecular weight is 390 g/mol. The fourth-order valence-electron chi connectivity index (χ4n) is 2.92. The minimum Gasteiger partial charge on any atom is -0.497 e. The second-order valence-corrected chi connectivity index (χ2v) is 6.39. The minimum absolute atomic E-state index is 0.0993. The van der Waals surface area contributed by atoms with Gasteiger partial charge in [-0.3, -0.25) is 9.59 Å². The second kappa shape index (κ2) is 9.55. The molecule has 5 heteroatoms. The third-order valence-corrected chi connectivity index (χ3v) is 4.48. The minimum atomic E-state index is -0.460. The molecule has 0 aromatic heterocycles. The number of rotatable bonds is 8. The number of carbonyl (C=O) groups is 2. The molecule has 29 heavy (non-hydrogen) atoms. The molecule has 0 spiro atoms. The Hall–Kier alpha value is -3.60. The molecule has 0 saturated carbocycles. The molecular weight excluding hydrogens is 368 g/mol. The highest BCUT2D eigenvalue weighted by Gasteiger charge is 2.16. The summed E-state index contributed by atoms with van der Waals surface area (Å²) in [5, 5.41) is 0. The predicted molar refractivity (Wildman–Crippen MR) is 110 cm³/mol. The summed E-state index contributed by atoms with van der Waals surface area (Å²) in [6, 6.07) is 22.6. The molecule has 0 aliphatic carbocycles. The van der Waals surface area contributed by atoms with Crippen LogP contribution in [0.4, 0.5) is 0 Å². The third-order valence-electron chi connectivity index (χ3n) is 4.48. The van der Waals surface area contributed by atoms with Crippen LogP contribution in [0, 0.1) is 0 Å². The molecule has 0 aliphatic heterocycles. The number of ketones is 1. The summed E-state index contributed by atoms with van der Waals surface area (Å²) in [6.45, 7) is -0.344. The van der Waals surface area contributed by atoms with E-state index in [1.165, 1.54) is 14.2 Å². The van der Waals surface area contributed by atoms with Gasteiger partial charge in [-0.15, -0.1) is 0 Å². The van der Waals surface area contributed by atoms with Gasteiger partial charge in [0, 0.05) is 6.07 Å². The van der Waals surface area contributed by atoms with Crippen LogP contribution < -0.4 is 9.47 Å². The molecule has 0 amide bonds. The third kappa shape index (κ3) is 5.23. The van der Waals surface area contributed by atoms with E-state index in [4.69, 9.17) is 14.2 Å². The lowest BCUT2D eigenvalue weighted by Crippen LogP contribution is -2.16. The van der Waals surface area contributed by atoms with Crippen LogP contribution in [-0.2, 0) is 16.0 Å². The van der Waals surface area contributed by atoms with Crippen molar-refractivity contribution in [3.05, 3.63) is 83.9 Å². The van der Waals surface area contributed by atoms with Crippen molar-refractivity contribution < 1.29 is 23.8 Å². The van der Waals surface area contributed by atoms with Gasteiger partial charge in [0.1, 0.15) is 11.5 Å². The van der Waals surface area contributed by atoms with Crippen LogP contribution >= 0.6 is 0 Å². The standard InChI is InChI=1S/C24H22O5/c1-27-20-12-13-21(23(15-20)28-2)22(25)16-29-24(26)14-17-8-10-19(11-9-17)18-6-4-3-5-7-18/h3-13,15H,14,16H2,1-2H3. The zero-order chi connectivity index (χ0) is 20.6. The van der Waals surface area contributed by atoms with Crippen LogP contribution in [0.25, 0.3) is 11.1 Å². The SMILES string of the molecule is COc1ccc(C(=O)COC(=O)Cc2ccc(-c3ccccc3)cc2)c(OC)c1. The van der Waals surface area contributed by atoms with Crippen molar-refractivity contribution in [2.75, 3.05) is 20.8 Å². The number of methoxy groups -OCH3 is 2. The second-order valence-electron chi connectivity index (χ2n) is 6.39. The Labute approximate surface area is 169 Å². The molecule has 0 bridgehead atoms. The van der Waals surface area contributed by atoms with Crippen LogP contribution in [0.15, 0.2) is 72.8 Å². The smallest absolute Gasteiger partial charge is 0.310 e. The maximum atomic E-state index is 12.4. The van der Waals surface area contributed by atoms with E-state index in [1.54, 1.807) is 18.2 Å². The van der Waals surface area contributed by atoms with Gasteiger partial charge in [-0.25, -0.2) is 0 Å². The summed E-state index contributed by atoms with van der Waals surface area (Å²) in [5.41, 5.74) is 3.35. The van der Waals surface area contributed by atoms with E-state index in [0.717, 1.165) is 16.7 Å². The van der Waals surface area contributed by atoms with Crippen molar-refractivity contribution in [2.45, 2.75) is 6.42 Å². The van der Waals surface area contributed by atoms with E-state index in [-0.39, 0.29) is 18.8 Å². The molecule has 0 N–H and O–H groups in total. The van der Waals surface area contributed by atoms with Crippen LogP contribution in [0.3, 0.4) is 0 Å². The number of ether oxygens (including phenoxy) is 3. The zero-order valence-electron chi connectivity index (χ0n) is 16.4. The van der Waals surface area contributed by atoms with E-state index in [9.17, 15) is 9.59 Å². The fourth-order valence-corrected chi connectivity index (χ4v) is 2.92. The number of benzene rings is 3. The van der Waals surface area contributed by atoms with Gasteiger partial charge in [0.15, 0.2) is 6.61 Å². The number of carbonyl (C=O) groups excluding carboxylic acids is 2. The van der Waals surface area contributed by atoms with Crippen molar-refractivity contribution in [3.63, 3.8) is 0 Å². The van der Waals surface area contributed by atoms with E-state index >= 15 is 0 Å². The van der Waals surface area contributed by atoms with E-state index in [2.05, 4.69) is 0 Å². The first-order valence-corrected chi connectivity index (χ1v) is 9.16. The van der Waals surface area contributed by atoms with Gasteiger partial charge in [0.05, 0.1) is 26.2 Å². The molecular formula is C24H22O5. The van der Waals surface area contributed by atoms with Gasteiger partial charge in [-0.1, -0.05) is 54.6 Å². The topological polar surface area (TPSA) is 61.8 Å². The van der Waals surface area contributed by atoms with Crippen molar-refractivity contribution >= 4 is 11.8 Å². The Morgan fingerprint density at radius 1 is 0.793 bits per heavy atom. The highest BCUT2D eigenvalue weighted by atomic mass is 16.5. The van der Waals surface area contributed by atoms with E-state index in [0.29, 0.717) is 17.1 Å². The number of hydrogen-bond donors (Lipinski definition) is 0. The normalized spacial score (nSPS) is 10.3. The maximum Gasteiger partial charge on any atom is 0.310 e. The molecule has 148 valence electrons. The lowest BCUT2D eigenvalue weighted by atomic mass is 10.0. The first kappa shape index (κ1) is 20.1. The van der Waals surface area contributed by atoms with Gasteiger partial charge < -0.3 is 14.2 Å². The van der Waals surface area contributed by atoms with Crippen molar-refractivity contribution in [2.24, 2.45) is 0 Å². The van der Waals surface area contributed by atoms with Gasteiger partial charge in [-0.2, -0.15) is 0 Å². The monoisotopic (exact) mass is 390 g/mol. The quantitative estimate of drug-likeness (QED) is 0.423. The Bertz CT molecular complexity index is 978. The summed E-state index contributed by atoms with van der Waals surface area (Å²) in [6.07, 6.45) is 0.0993. The fraction of sp³-hybridized carbons (Fsp3) is 0.167. The molecule has 5 nitrogen and oxygen atoms in total. The molecule has 0 radical (unpaired) electrons. The summed E-state index contributed by atoms with van der Waals surface area (Å²) in [5.74, 6) is 0.159. The Kier molecular flexibility index (Phi) is 6.63. The number of hydrogen-bond acceptors (Lipinski definition) is 5. The molecule has 3 aromatic carbocycles.